The Morgan fingerprint density at radius 2 is 2.15 bits per heavy atom. The van der Waals surface area contributed by atoms with Crippen LogP contribution in [0, 0.1) is 10.1 Å². The zero-order chi connectivity index (χ0) is 9.47. The van der Waals surface area contributed by atoms with Crippen LogP contribution in [-0.2, 0) is 5.54 Å². The molecule has 2 N–H and O–H groups in total. The summed E-state index contributed by atoms with van der Waals surface area (Å²) in [7, 11) is 0. The Labute approximate surface area is 91.1 Å². The molecule has 1 fully saturated rings. The summed E-state index contributed by atoms with van der Waals surface area (Å²) in [4.78, 5) is 3.68. The number of nitrogens with zero attached hydrogens (tertiary/aromatic N) is 1. The van der Waals surface area contributed by atoms with E-state index < -0.39 is 0 Å². The fraction of sp³-hybridized carbons (Fsp3) is 0.300. The first-order chi connectivity index (χ1) is 6.18. The van der Waals surface area contributed by atoms with Gasteiger partial charge in [-0.1, -0.05) is 0 Å². The Bertz CT molecular complexity index is 388. The molecule has 1 aromatic rings. The van der Waals surface area contributed by atoms with Crippen LogP contribution < -0.4 is 5.73 Å². The molecule has 1 aromatic carbocycles. The quantitative estimate of drug-likeness (QED) is 0.480. The molecule has 0 atom stereocenters. The molecule has 0 unspecified atom stereocenters. The number of hydrogen-bond acceptors (Lipinski definition) is 1. The van der Waals surface area contributed by atoms with Gasteiger partial charge in [-0.15, -0.1) is 0 Å². The van der Waals surface area contributed by atoms with E-state index in [1.807, 2.05) is 18.2 Å². The van der Waals surface area contributed by atoms with E-state index in [-0.39, 0.29) is 5.54 Å². The maximum atomic E-state index is 7.12. The number of hydrogen-bond donors (Lipinski definition) is 1. The molecule has 0 saturated heterocycles. The highest BCUT2D eigenvalue weighted by Gasteiger charge is 2.52. The number of nitrogens with two attached hydrogens (primary N) is 1. The molecule has 13 heavy (non-hydrogen) atoms. The fourth-order valence-corrected chi connectivity index (χ4v) is 1.92. The minimum atomic E-state index is -0.201. The van der Waals surface area contributed by atoms with E-state index in [1.54, 1.807) is 0 Å². The lowest BCUT2D eigenvalue weighted by Crippen LogP contribution is -2.01. The molecule has 0 heterocycles. The first kappa shape index (κ1) is 8.82. The van der Waals surface area contributed by atoms with Gasteiger partial charge in [0, 0.05) is 27.7 Å². The smallest absolute Gasteiger partial charge is 0.258 e. The van der Waals surface area contributed by atoms with Crippen molar-refractivity contribution in [3.8, 4) is 0 Å². The van der Waals surface area contributed by atoms with Crippen LogP contribution in [0.1, 0.15) is 18.4 Å². The topological polar surface area (TPSA) is 30.4 Å². The minimum absolute atomic E-state index is 0.201. The van der Waals surface area contributed by atoms with Gasteiger partial charge in [0.15, 0.2) is 0 Å². The van der Waals surface area contributed by atoms with Crippen LogP contribution in [-0.4, -0.2) is 0 Å². The van der Waals surface area contributed by atoms with E-state index in [4.69, 9.17) is 12.3 Å². The van der Waals surface area contributed by atoms with Crippen molar-refractivity contribution in [2.24, 2.45) is 0 Å². The molecule has 0 aromatic heterocycles. The lowest BCUT2D eigenvalue weighted by atomic mass is 10.1. The minimum Gasteiger partial charge on any atom is -0.398 e. The second-order valence-corrected chi connectivity index (χ2v) is 4.54. The molecule has 66 valence electrons. The normalized spacial score (nSPS) is 17.8. The summed E-state index contributed by atoms with van der Waals surface area (Å²) in [5, 5.41) is 0. The van der Waals surface area contributed by atoms with E-state index in [1.165, 1.54) is 0 Å². The van der Waals surface area contributed by atoms with Gasteiger partial charge in [-0.25, -0.2) is 6.57 Å². The summed E-state index contributed by atoms with van der Waals surface area (Å²) in [6.07, 6.45) is 1.99. The van der Waals surface area contributed by atoms with Crippen molar-refractivity contribution in [3.05, 3.63) is 38.7 Å². The maximum absolute atomic E-state index is 7.12. The zero-order valence-corrected chi connectivity index (χ0v) is 9.21. The van der Waals surface area contributed by atoms with Crippen LogP contribution in [0.15, 0.2) is 18.2 Å². The monoisotopic (exact) mass is 284 g/mol. The summed E-state index contributed by atoms with van der Waals surface area (Å²) in [6, 6.07) is 5.89. The summed E-state index contributed by atoms with van der Waals surface area (Å²) in [5.74, 6) is 0. The molecule has 0 amide bonds. The van der Waals surface area contributed by atoms with Crippen molar-refractivity contribution in [1.29, 1.82) is 0 Å². The molecule has 0 bridgehead atoms. The predicted octanol–water partition coefficient (Wildman–Crippen LogP) is 2.78. The van der Waals surface area contributed by atoms with Gasteiger partial charge < -0.3 is 10.6 Å². The molecule has 2 nitrogen and oxygen atoms in total. The number of benzene rings is 1. The van der Waals surface area contributed by atoms with Crippen LogP contribution in [0.2, 0.25) is 0 Å². The van der Waals surface area contributed by atoms with Crippen molar-refractivity contribution in [1.82, 2.24) is 0 Å². The van der Waals surface area contributed by atoms with Gasteiger partial charge in [0.05, 0.1) is 0 Å². The summed E-state index contributed by atoms with van der Waals surface area (Å²) in [5.41, 5.74) is 7.43. The highest BCUT2D eigenvalue weighted by molar-refractivity contribution is 14.1. The van der Waals surface area contributed by atoms with Crippen molar-refractivity contribution in [2.75, 3.05) is 5.73 Å². The summed E-state index contributed by atoms with van der Waals surface area (Å²) < 4.78 is 1.05. The third-order valence-corrected chi connectivity index (χ3v) is 3.41. The van der Waals surface area contributed by atoms with Gasteiger partial charge in [0.25, 0.3) is 5.54 Å². The van der Waals surface area contributed by atoms with E-state index in [9.17, 15) is 0 Å². The van der Waals surface area contributed by atoms with Gasteiger partial charge in [0.1, 0.15) is 0 Å². The third-order valence-electron chi connectivity index (χ3n) is 2.48. The van der Waals surface area contributed by atoms with E-state index in [0.717, 1.165) is 27.7 Å². The average Bonchev–Trinajstić information content (AvgIpc) is 2.90. The number of rotatable bonds is 1. The number of halogens is 1. The second-order valence-electron chi connectivity index (χ2n) is 3.38. The lowest BCUT2D eigenvalue weighted by Gasteiger charge is -2.04. The SMILES string of the molecule is [C-]#[N+]C1(c2ccc(N)c(I)c2)CC1. The molecule has 2 rings (SSSR count). The van der Waals surface area contributed by atoms with Crippen molar-refractivity contribution < 1.29 is 0 Å². The molecule has 1 aliphatic carbocycles. The highest BCUT2D eigenvalue weighted by atomic mass is 127. The fourth-order valence-electron chi connectivity index (χ4n) is 1.40. The first-order valence-electron chi connectivity index (χ1n) is 4.12. The van der Waals surface area contributed by atoms with E-state index in [0.29, 0.717) is 0 Å². The van der Waals surface area contributed by atoms with Crippen LogP contribution in [0.25, 0.3) is 4.85 Å². The van der Waals surface area contributed by atoms with E-state index in [2.05, 4.69) is 27.4 Å². The van der Waals surface area contributed by atoms with Gasteiger partial charge in [-0.2, -0.15) is 0 Å². The molecular weight excluding hydrogens is 275 g/mol. The second kappa shape index (κ2) is 2.88. The first-order valence-corrected chi connectivity index (χ1v) is 5.20. The molecule has 0 spiro atoms. The van der Waals surface area contributed by atoms with E-state index >= 15 is 0 Å². The molecule has 1 saturated carbocycles. The maximum Gasteiger partial charge on any atom is 0.258 e. The average molecular weight is 284 g/mol. The van der Waals surface area contributed by atoms with Gasteiger partial charge in [-0.05, 0) is 40.8 Å². The molecule has 1 aliphatic rings. The highest BCUT2D eigenvalue weighted by Crippen LogP contribution is 2.49. The molecule has 0 radical (unpaired) electrons. The summed E-state index contributed by atoms with van der Waals surface area (Å²) in [6.45, 7) is 7.12. The van der Waals surface area contributed by atoms with Crippen LogP contribution in [0.4, 0.5) is 5.69 Å². The molecular formula is C10H9IN2. The molecule has 0 aliphatic heterocycles. The number of anilines is 1. The van der Waals surface area contributed by atoms with Gasteiger partial charge in [0.2, 0.25) is 0 Å². The standard InChI is InChI=1S/C10H9IN2/c1-13-10(4-5-10)7-2-3-9(12)8(11)6-7/h2-3,6H,4-5,12H2. The molecule has 3 heteroatoms. The van der Waals surface area contributed by atoms with Crippen molar-refractivity contribution in [2.45, 2.75) is 18.4 Å². The van der Waals surface area contributed by atoms with Crippen LogP contribution >= 0.6 is 22.6 Å². The van der Waals surface area contributed by atoms with Crippen molar-refractivity contribution in [3.63, 3.8) is 0 Å². The largest absolute Gasteiger partial charge is 0.398 e. The third kappa shape index (κ3) is 1.39. The zero-order valence-electron chi connectivity index (χ0n) is 7.05. The summed E-state index contributed by atoms with van der Waals surface area (Å²) >= 11 is 2.21. The van der Waals surface area contributed by atoms with Gasteiger partial charge in [-0.3, -0.25) is 0 Å². The Balaban J connectivity index is 2.44. The Morgan fingerprint density at radius 3 is 2.62 bits per heavy atom. The predicted molar refractivity (Wildman–Crippen MR) is 61.1 cm³/mol. The van der Waals surface area contributed by atoms with Gasteiger partial charge >= 0.3 is 0 Å². The Morgan fingerprint density at radius 1 is 1.46 bits per heavy atom. The van der Waals surface area contributed by atoms with Crippen LogP contribution in [0.3, 0.4) is 0 Å². The Hall–Kier alpha value is -0.760. The lowest BCUT2D eigenvalue weighted by molar-refractivity contribution is 0.883. The Kier molecular flexibility index (Phi) is 1.95. The number of nitrogen functional groups attached to an aromatic ring is 1. The van der Waals surface area contributed by atoms with Crippen LogP contribution in [0.5, 0.6) is 0 Å². The van der Waals surface area contributed by atoms with Crippen molar-refractivity contribution >= 4 is 28.3 Å².